The topological polar surface area (TPSA) is 92.2 Å². The van der Waals surface area contributed by atoms with E-state index in [0.717, 1.165) is 54.4 Å². The highest BCUT2D eigenvalue weighted by Crippen LogP contribution is 2.34. The van der Waals surface area contributed by atoms with Gasteiger partial charge in [0.2, 0.25) is 0 Å². The number of hydrogen-bond donors (Lipinski definition) is 1. The summed E-state index contributed by atoms with van der Waals surface area (Å²) in [6.45, 7) is 5.91. The third-order valence-electron chi connectivity index (χ3n) is 7.11. The lowest BCUT2D eigenvalue weighted by Gasteiger charge is -2.35. The third-order valence-corrected chi connectivity index (χ3v) is 7.11. The normalized spacial score (nSPS) is 16.7. The van der Waals surface area contributed by atoms with Gasteiger partial charge in [-0.25, -0.2) is 4.79 Å². The standard InChI is InChI=1S/C26H27F3N4O4/c1-15-21(32-11-9-31(2)10-12-32)6-4-18-17-7-8-33(14-19(17)25(35)36-23(15)18)24(34)16-3-5-20(30)22(13-16)37-26(27,28)29/h3-6,13H,7-12,14,30H2,1-2H3. The van der Waals surface area contributed by atoms with Gasteiger partial charge in [-0.2, -0.15) is 0 Å². The van der Waals surface area contributed by atoms with Crippen LogP contribution in [-0.4, -0.2) is 61.8 Å². The van der Waals surface area contributed by atoms with Gasteiger partial charge in [0.25, 0.3) is 5.91 Å². The molecule has 0 saturated carbocycles. The Bertz CT molecular complexity index is 1430. The predicted octanol–water partition coefficient (Wildman–Crippen LogP) is 3.53. The number of piperazine rings is 1. The largest absolute Gasteiger partial charge is 0.573 e. The molecule has 8 nitrogen and oxygen atoms in total. The minimum absolute atomic E-state index is 0.00840. The van der Waals surface area contributed by atoms with Gasteiger partial charge in [0, 0.05) is 54.9 Å². The zero-order valence-electron chi connectivity index (χ0n) is 20.5. The molecule has 3 aromatic rings. The van der Waals surface area contributed by atoms with E-state index in [1.165, 1.54) is 17.0 Å². The number of amides is 1. The number of halogens is 3. The highest BCUT2D eigenvalue weighted by molar-refractivity contribution is 5.96. The summed E-state index contributed by atoms with van der Waals surface area (Å²) in [5.41, 5.74) is 8.50. The molecule has 2 aromatic carbocycles. The second-order valence-electron chi connectivity index (χ2n) is 9.50. The van der Waals surface area contributed by atoms with Crippen molar-refractivity contribution < 1.29 is 27.1 Å². The zero-order chi connectivity index (χ0) is 26.5. The number of rotatable bonds is 3. The van der Waals surface area contributed by atoms with Crippen LogP contribution in [0.4, 0.5) is 24.5 Å². The van der Waals surface area contributed by atoms with Crippen LogP contribution in [0.2, 0.25) is 0 Å². The highest BCUT2D eigenvalue weighted by Gasteiger charge is 2.33. The van der Waals surface area contributed by atoms with Crippen LogP contribution in [0.1, 0.15) is 27.0 Å². The summed E-state index contributed by atoms with van der Waals surface area (Å²) in [7, 11) is 2.09. The summed E-state index contributed by atoms with van der Waals surface area (Å²) in [5.74, 6) is -1.17. The average molecular weight is 517 g/mol. The zero-order valence-corrected chi connectivity index (χ0v) is 20.5. The fourth-order valence-electron chi connectivity index (χ4n) is 5.08. The summed E-state index contributed by atoms with van der Waals surface area (Å²) >= 11 is 0. The Morgan fingerprint density at radius 2 is 1.78 bits per heavy atom. The Kier molecular flexibility index (Phi) is 6.26. The second kappa shape index (κ2) is 9.29. The molecular weight excluding hydrogens is 489 g/mol. The molecule has 1 saturated heterocycles. The Morgan fingerprint density at radius 1 is 1.05 bits per heavy atom. The van der Waals surface area contributed by atoms with Crippen molar-refractivity contribution in [2.24, 2.45) is 0 Å². The Morgan fingerprint density at radius 3 is 2.49 bits per heavy atom. The Balaban J connectivity index is 1.43. The number of aryl methyl sites for hydroxylation is 1. The van der Waals surface area contributed by atoms with Crippen LogP contribution in [0.5, 0.6) is 5.75 Å². The molecule has 1 fully saturated rings. The number of anilines is 2. The number of hydrogen-bond acceptors (Lipinski definition) is 7. The number of alkyl halides is 3. The van der Waals surface area contributed by atoms with Crippen molar-refractivity contribution in [3.05, 3.63) is 63.0 Å². The molecule has 0 unspecified atom stereocenters. The number of nitrogens with zero attached hydrogens (tertiary/aromatic N) is 3. The number of carbonyl (C=O) groups is 1. The molecule has 0 aliphatic carbocycles. The summed E-state index contributed by atoms with van der Waals surface area (Å²) in [5, 5.41) is 0.838. The van der Waals surface area contributed by atoms with Crippen LogP contribution in [0, 0.1) is 6.92 Å². The van der Waals surface area contributed by atoms with Crippen molar-refractivity contribution in [3.63, 3.8) is 0 Å². The van der Waals surface area contributed by atoms with Gasteiger partial charge in [-0.05, 0) is 56.3 Å². The number of fused-ring (bicyclic) bond motifs is 3. The molecule has 11 heteroatoms. The highest BCUT2D eigenvalue weighted by atomic mass is 19.4. The number of carbonyl (C=O) groups excluding carboxylic acids is 1. The molecule has 0 atom stereocenters. The van der Waals surface area contributed by atoms with Gasteiger partial charge in [-0.3, -0.25) is 4.79 Å². The molecule has 0 radical (unpaired) electrons. The molecule has 2 aliphatic heterocycles. The van der Waals surface area contributed by atoms with Gasteiger partial charge in [0.05, 0.1) is 17.8 Å². The fraction of sp³-hybridized carbons (Fsp3) is 0.385. The lowest BCUT2D eigenvalue weighted by atomic mass is 9.95. The van der Waals surface area contributed by atoms with Crippen molar-refractivity contribution in [2.45, 2.75) is 26.3 Å². The summed E-state index contributed by atoms with van der Waals surface area (Å²) in [4.78, 5) is 32.1. The van der Waals surface area contributed by atoms with E-state index in [4.69, 9.17) is 10.2 Å². The molecular formula is C26H27F3N4O4. The fourth-order valence-corrected chi connectivity index (χ4v) is 5.08. The molecule has 2 aliphatic rings. The van der Waals surface area contributed by atoms with Gasteiger partial charge in [-0.15, -0.1) is 13.2 Å². The van der Waals surface area contributed by atoms with E-state index in [1.54, 1.807) is 0 Å². The first-order valence-electron chi connectivity index (χ1n) is 12.0. The maximum atomic E-state index is 13.1. The first-order chi connectivity index (χ1) is 17.5. The molecule has 2 N–H and O–H groups in total. The first-order valence-corrected chi connectivity index (χ1v) is 12.0. The van der Waals surface area contributed by atoms with Crippen molar-refractivity contribution in [1.29, 1.82) is 0 Å². The molecule has 0 spiro atoms. The van der Waals surface area contributed by atoms with Gasteiger partial charge in [0.15, 0.2) is 5.75 Å². The van der Waals surface area contributed by atoms with Crippen molar-refractivity contribution in [2.75, 3.05) is 50.4 Å². The van der Waals surface area contributed by atoms with Gasteiger partial charge in [-0.1, -0.05) is 0 Å². The average Bonchev–Trinajstić information content (AvgIpc) is 2.85. The number of nitrogens with two attached hydrogens (primary N) is 1. The van der Waals surface area contributed by atoms with E-state index in [0.29, 0.717) is 24.1 Å². The Labute approximate surface area is 211 Å². The van der Waals surface area contributed by atoms with Crippen LogP contribution in [0.25, 0.3) is 11.0 Å². The van der Waals surface area contributed by atoms with E-state index >= 15 is 0 Å². The smallest absolute Gasteiger partial charge is 0.422 e. The van der Waals surface area contributed by atoms with Crippen molar-refractivity contribution in [1.82, 2.24) is 9.80 Å². The number of ether oxygens (including phenoxy) is 1. The second-order valence-corrected chi connectivity index (χ2v) is 9.50. The molecule has 1 aromatic heterocycles. The first kappa shape index (κ1) is 24.9. The lowest BCUT2D eigenvalue weighted by molar-refractivity contribution is -0.274. The van der Waals surface area contributed by atoms with Crippen molar-refractivity contribution >= 4 is 28.3 Å². The van der Waals surface area contributed by atoms with Gasteiger partial charge >= 0.3 is 12.0 Å². The van der Waals surface area contributed by atoms with Gasteiger partial charge < -0.3 is 29.6 Å². The Hall–Kier alpha value is -3.73. The number of likely N-dealkylation sites (N-methyl/N-ethyl adjacent to an activating group) is 1. The molecule has 5 rings (SSSR count). The third kappa shape index (κ3) is 4.83. The van der Waals surface area contributed by atoms with E-state index < -0.39 is 23.6 Å². The van der Waals surface area contributed by atoms with Crippen LogP contribution < -0.4 is 21.0 Å². The molecule has 1 amide bonds. The molecule has 196 valence electrons. The van der Waals surface area contributed by atoms with Crippen LogP contribution in [0.15, 0.2) is 39.5 Å². The maximum absolute atomic E-state index is 13.1. The molecule has 37 heavy (non-hydrogen) atoms. The summed E-state index contributed by atoms with van der Waals surface area (Å²) < 4.78 is 47.8. The quantitative estimate of drug-likeness (QED) is 0.421. The van der Waals surface area contributed by atoms with E-state index in [9.17, 15) is 22.8 Å². The number of benzene rings is 2. The minimum Gasteiger partial charge on any atom is -0.422 e. The van der Waals surface area contributed by atoms with Crippen molar-refractivity contribution in [3.8, 4) is 5.75 Å². The van der Waals surface area contributed by atoms with Crippen LogP contribution in [-0.2, 0) is 13.0 Å². The molecule has 3 heterocycles. The summed E-state index contributed by atoms with van der Waals surface area (Å²) in [6, 6.07) is 7.51. The minimum atomic E-state index is -4.94. The predicted molar refractivity (Wildman–Crippen MR) is 133 cm³/mol. The lowest BCUT2D eigenvalue weighted by Crippen LogP contribution is -2.44. The SMILES string of the molecule is Cc1c(N2CCN(C)CC2)ccc2c3c(c(=O)oc12)CN(C(=O)c1ccc(N)c(OC(F)(F)F)c1)CC3. The maximum Gasteiger partial charge on any atom is 0.573 e. The molecule has 0 bridgehead atoms. The van der Waals surface area contributed by atoms with E-state index in [1.807, 2.05) is 13.0 Å². The van der Waals surface area contributed by atoms with Crippen LogP contribution in [0.3, 0.4) is 0 Å². The number of nitrogen functional groups attached to an aromatic ring is 1. The van der Waals surface area contributed by atoms with E-state index in [2.05, 4.69) is 27.7 Å². The van der Waals surface area contributed by atoms with Gasteiger partial charge in [0.1, 0.15) is 5.58 Å². The summed E-state index contributed by atoms with van der Waals surface area (Å²) in [6.07, 6.45) is -4.53. The van der Waals surface area contributed by atoms with E-state index in [-0.39, 0.29) is 17.8 Å². The monoisotopic (exact) mass is 516 g/mol. The van der Waals surface area contributed by atoms with Crippen LogP contribution >= 0.6 is 0 Å².